The van der Waals surface area contributed by atoms with Crippen LogP contribution in [0.15, 0.2) is 35.3 Å². The smallest absolute Gasteiger partial charge is 0.196 e. The first kappa shape index (κ1) is 11.0. The number of guanidine groups is 1. The van der Waals surface area contributed by atoms with Crippen LogP contribution in [0.2, 0.25) is 0 Å². The Morgan fingerprint density at radius 2 is 1.94 bits per heavy atom. The zero-order valence-corrected chi connectivity index (χ0v) is 10.1. The van der Waals surface area contributed by atoms with Crippen molar-refractivity contribution in [3.63, 3.8) is 0 Å². The van der Waals surface area contributed by atoms with E-state index in [9.17, 15) is 0 Å². The third kappa shape index (κ3) is 1.56. The number of rotatable bonds is 2. The number of hydrogen-bond acceptors (Lipinski definition) is 3. The molecule has 0 saturated heterocycles. The molecule has 0 bridgehead atoms. The summed E-state index contributed by atoms with van der Waals surface area (Å²) in [6, 6.07) is 10.2. The second-order valence-corrected chi connectivity index (χ2v) is 4.86. The van der Waals surface area contributed by atoms with Crippen LogP contribution in [0, 0.1) is 5.92 Å². The molecule has 0 aliphatic carbocycles. The van der Waals surface area contributed by atoms with Crippen molar-refractivity contribution >= 4 is 11.6 Å². The Morgan fingerprint density at radius 3 is 2.50 bits per heavy atom. The second kappa shape index (κ2) is 3.81. The molecule has 3 heteroatoms. The highest BCUT2D eigenvalue weighted by molar-refractivity contribution is 5.98. The summed E-state index contributed by atoms with van der Waals surface area (Å²) in [5.41, 5.74) is 7.11. The largest absolute Gasteiger partial charge is 0.369 e. The summed E-state index contributed by atoms with van der Waals surface area (Å²) < 4.78 is 0. The highest BCUT2D eigenvalue weighted by Crippen LogP contribution is 2.33. The molecule has 0 aromatic heterocycles. The van der Waals surface area contributed by atoms with Crippen LogP contribution in [-0.4, -0.2) is 18.0 Å². The minimum atomic E-state index is -0.00850. The Hall–Kier alpha value is -1.51. The molecule has 0 amide bonds. The minimum absolute atomic E-state index is 0.00850. The van der Waals surface area contributed by atoms with E-state index in [1.54, 1.807) is 0 Å². The normalized spacial score (nSPS) is 25.0. The van der Waals surface area contributed by atoms with Gasteiger partial charge in [0.1, 0.15) is 0 Å². The minimum Gasteiger partial charge on any atom is -0.369 e. The van der Waals surface area contributed by atoms with Crippen LogP contribution >= 0.6 is 0 Å². The lowest BCUT2D eigenvalue weighted by Gasteiger charge is -2.39. The zero-order chi connectivity index (χ0) is 11.8. The van der Waals surface area contributed by atoms with Gasteiger partial charge in [-0.1, -0.05) is 32.0 Å². The number of hydrogen-bond donors (Lipinski definition) is 1. The first-order valence-electron chi connectivity index (χ1n) is 5.71. The van der Waals surface area contributed by atoms with Gasteiger partial charge in [-0.15, -0.1) is 0 Å². The Labute approximate surface area is 97.0 Å². The van der Waals surface area contributed by atoms with Gasteiger partial charge in [0.2, 0.25) is 0 Å². The van der Waals surface area contributed by atoms with Crippen LogP contribution in [0.25, 0.3) is 0 Å². The maximum absolute atomic E-state index is 6.00. The molecule has 0 saturated carbocycles. The van der Waals surface area contributed by atoms with E-state index in [2.05, 4.69) is 42.8 Å². The monoisotopic (exact) mass is 217 g/mol. The average Bonchev–Trinajstić information content (AvgIpc) is 2.57. The van der Waals surface area contributed by atoms with Gasteiger partial charge in [-0.3, -0.25) is 4.99 Å². The fourth-order valence-corrected chi connectivity index (χ4v) is 2.09. The molecule has 0 radical (unpaired) electrons. The molecular formula is C13H19N3. The number of aliphatic imine (C=N–C) groups is 1. The molecule has 1 aliphatic rings. The highest BCUT2D eigenvalue weighted by Gasteiger charge is 2.41. The number of benzene rings is 1. The third-order valence-electron chi connectivity index (χ3n) is 3.56. The van der Waals surface area contributed by atoms with Crippen LogP contribution in [0.4, 0.5) is 5.69 Å². The van der Waals surface area contributed by atoms with Gasteiger partial charge >= 0.3 is 0 Å². The predicted octanol–water partition coefficient (Wildman–Crippen LogP) is 2.24. The molecule has 2 N–H and O–H groups in total. The van der Waals surface area contributed by atoms with E-state index in [1.807, 2.05) is 18.2 Å². The molecule has 1 aromatic carbocycles. The molecule has 1 atom stereocenters. The quantitative estimate of drug-likeness (QED) is 0.825. The lowest BCUT2D eigenvalue weighted by molar-refractivity contribution is 0.366. The van der Waals surface area contributed by atoms with Gasteiger partial charge in [-0.05, 0) is 25.0 Å². The maximum Gasteiger partial charge on any atom is 0.196 e. The van der Waals surface area contributed by atoms with E-state index in [4.69, 9.17) is 5.73 Å². The summed E-state index contributed by atoms with van der Waals surface area (Å²) in [5, 5.41) is 0. The summed E-state index contributed by atoms with van der Waals surface area (Å²) in [5.74, 6) is 1.12. The highest BCUT2D eigenvalue weighted by atomic mass is 15.4. The van der Waals surface area contributed by atoms with Crippen LogP contribution in [0.3, 0.4) is 0 Å². The van der Waals surface area contributed by atoms with Crippen molar-refractivity contribution in [3.05, 3.63) is 30.3 Å². The summed E-state index contributed by atoms with van der Waals surface area (Å²) in [6.45, 7) is 7.41. The Bertz CT molecular complexity index is 397. The van der Waals surface area contributed by atoms with Gasteiger partial charge in [0, 0.05) is 5.69 Å². The van der Waals surface area contributed by atoms with E-state index in [-0.39, 0.29) is 5.54 Å². The standard InChI is InChI=1S/C13H19N3/c1-10(2)13(3)9-15-12(14)16(13)11-7-5-4-6-8-11/h4-8,10H,9H2,1-3H3,(H2,14,15). The topological polar surface area (TPSA) is 41.6 Å². The fraction of sp³-hybridized carbons (Fsp3) is 0.462. The molecule has 0 fully saturated rings. The summed E-state index contributed by atoms with van der Waals surface area (Å²) >= 11 is 0. The SMILES string of the molecule is CC(C)C1(C)CN=C(N)N1c1ccccc1. The van der Waals surface area contributed by atoms with Crippen molar-refractivity contribution in [1.82, 2.24) is 0 Å². The van der Waals surface area contributed by atoms with E-state index in [1.165, 1.54) is 0 Å². The zero-order valence-electron chi connectivity index (χ0n) is 10.1. The predicted molar refractivity (Wildman–Crippen MR) is 68.7 cm³/mol. The van der Waals surface area contributed by atoms with E-state index in [0.29, 0.717) is 11.9 Å². The molecule has 1 aromatic rings. The molecule has 1 heterocycles. The van der Waals surface area contributed by atoms with Crippen LogP contribution in [-0.2, 0) is 0 Å². The number of anilines is 1. The number of para-hydroxylation sites is 1. The van der Waals surface area contributed by atoms with Crippen LogP contribution in [0.5, 0.6) is 0 Å². The fourth-order valence-electron chi connectivity index (χ4n) is 2.09. The third-order valence-corrected chi connectivity index (χ3v) is 3.56. The van der Waals surface area contributed by atoms with Gasteiger partial charge in [0.05, 0.1) is 12.1 Å². The van der Waals surface area contributed by atoms with Crippen molar-refractivity contribution in [2.75, 3.05) is 11.4 Å². The molecular weight excluding hydrogens is 198 g/mol. The maximum atomic E-state index is 6.00. The van der Waals surface area contributed by atoms with Crippen molar-refractivity contribution < 1.29 is 0 Å². The van der Waals surface area contributed by atoms with Crippen LogP contribution in [0.1, 0.15) is 20.8 Å². The Kier molecular flexibility index (Phi) is 2.62. The number of nitrogens with two attached hydrogens (primary N) is 1. The van der Waals surface area contributed by atoms with Gasteiger partial charge in [0.25, 0.3) is 0 Å². The molecule has 1 unspecified atom stereocenters. The first-order chi connectivity index (χ1) is 7.55. The van der Waals surface area contributed by atoms with Crippen molar-refractivity contribution in [3.8, 4) is 0 Å². The summed E-state index contributed by atoms with van der Waals surface area (Å²) in [6.07, 6.45) is 0. The molecule has 0 spiro atoms. The van der Waals surface area contributed by atoms with Gasteiger partial charge in [0.15, 0.2) is 5.96 Å². The Morgan fingerprint density at radius 1 is 1.31 bits per heavy atom. The van der Waals surface area contributed by atoms with Crippen LogP contribution < -0.4 is 10.6 Å². The Balaban J connectivity index is 2.41. The van der Waals surface area contributed by atoms with E-state index in [0.717, 1.165) is 12.2 Å². The van der Waals surface area contributed by atoms with E-state index >= 15 is 0 Å². The van der Waals surface area contributed by atoms with Gasteiger partial charge < -0.3 is 10.6 Å². The number of nitrogens with zero attached hydrogens (tertiary/aromatic N) is 2. The van der Waals surface area contributed by atoms with E-state index < -0.39 is 0 Å². The second-order valence-electron chi connectivity index (χ2n) is 4.86. The van der Waals surface area contributed by atoms with Gasteiger partial charge in [-0.25, -0.2) is 0 Å². The van der Waals surface area contributed by atoms with Gasteiger partial charge in [-0.2, -0.15) is 0 Å². The summed E-state index contributed by atoms with van der Waals surface area (Å²) in [7, 11) is 0. The summed E-state index contributed by atoms with van der Waals surface area (Å²) in [4.78, 5) is 6.54. The lowest BCUT2D eigenvalue weighted by atomic mass is 9.87. The van der Waals surface area contributed by atoms with Crippen molar-refractivity contribution in [2.45, 2.75) is 26.3 Å². The van der Waals surface area contributed by atoms with Crippen molar-refractivity contribution in [2.24, 2.45) is 16.6 Å². The van der Waals surface area contributed by atoms with Crippen molar-refractivity contribution in [1.29, 1.82) is 0 Å². The molecule has 2 rings (SSSR count). The molecule has 16 heavy (non-hydrogen) atoms. The molecule has 86 valence electrons. The molecule has 3 nitrogen and oxygen atoms in total. The first-order valence-corrected chi connectivity index (χ1v) is 5.71. The molecule has 1 aliphatic heterocycles. The lowest BCUT2D eigenvalue weighted by Crippen LogP contribution is -2.53. The average molecular weight is 217 g/mol.